The van der Waals surface area contributed by atoms with Gasteiger partial charge in [0.15, 0.2) is 0 Å². The summed E-state index contributed by atoms with van der Waals surface area (Å²) in [6.07, 6.45) is 5.52. The van der Waals surface area contributed by atoms with Crippen molar-refractivity contribution in [3.05, 3.63) is 24.3 Å². The Kier molecular flexibility index (Phi) is 9.10. The number of anilines is 1. The van der Waals surface area contributed by atoms with Crippen LogP contribution in [0, 0.1) is 0 Å². The number of rotatable bonds is 10. The number of morpholine rings is 1. The number of hydrogen-bond donors (Lipinski definition) is 1. The van der Waals surface area contributed by atoms with Crippen LogP contribution >= 0.6 is 0 Å². The van der Waals surface area contributed by atoms with E-state index < -0.39 is 26.0 Å². The molecule has 0 aliphatic carbocycles. The summed E-state index contributed by atoms with van der Waals surface area (Å²) in [5, 5.41) is 2.79. The highest BCUT2D eigenvalue weighted by Gasteiger charge is 2.27. The van der Waals surface area contributed by atoms with E-state index in [1.807, 2.05) is 0 Å². The maximum atomic E-state index is 12.8. The molecule has 2 aliphatic heterocycles. The molecule has 186 valence electrons. The number of ether oxygens (including phenoxy) is 1. The van der Waals surface area contributed by atoms with Crippen molar-refractivity contribution >= 4 is 31.6 Å². The Hall–Kier alpha value is -1.73. The van der Waals surface area contributed by atoms with Gasteiger partial charge >= 0.3 is 0 Å². The summed E-state index contributed by atoms with van der Waals surface area (Å²) in [5.74, 6) is -0.399. The lowest BCUT2D eigenvalue weighted by Gasteiger charge is -2.27. The van der Waals surface area contributed by atoms with Crippen molar-refractivity contribution < 1.29 is 26.4 Å². The first kappa shape index (κ1) is 25.9. The summed E-state index contributed by atoms with van der Waals surface area (Å²) in [5.41, 5.74) is 0.238. The molecule has 0 unspecified atom stereocenters. The zero-order chi connectivity index (χ0) is 23.9. The van der Waals surface area contributed by atoms with Gasteiger partial charge in [-0.05, 0) is 63.2 Å². The molecule has 10 nitrogen and oxygen atoms in total. The normalized spacial score (nSPS) is 18.7. The van der Waals surface area contributed by atoms with Gasteiger partial charge in [-0.1, -0.05) is 6.42 Å². The van der Waals surface area contributed by atoms with Crippen molar-refractivity contribution in [3.8, 4) is 0 Å². The number of carbonyl (C=O) groups excluding carboxylic acids is 1. The first-order valence-electron chi connectivity index (χ1n) is 11.3. The average Bonchev–Trinajstić information content (AvgIpc) is 2.81. The van der Waals surface area contributed by atoms with Crippen molar-refractivity contribution in [3.63, 3.8) is 0 Å². The van der Waals surface area contributed by atoms with Gasteiger partial charge < -0.3 is 15.0 Å². The molecule has 2 fully saturated rings. The second-order valence-corrected chi connectivity index (χ2v) is 12.2. The Labute approximate surface area is 197 Å². The van der Waals surface area contributed by atoms with Crippen molar-refractivity contribution in [2.75, 3.05) is 69.6 Å². The van der Waals surface area contributed by atoms with E-state index in [9.17, 15) is 21.6 Å². The second kappa shape index (κ2) is 11.6. The van der Waals surface area contributed by atoms with Crippen LogP contribution in [0.2, 0.25) is 0 Å². The number of sulfonamides is 2. The largest absolute Gasteiger partial charge is 0.379 e. The van der Waals surface area contributed by atoms with Gasteiger partial charge in [0.1, 0.15) is 6.54 Å². The monoisotopic (exact) mass is 502 g/mol. The maximum Gasteiger partial charge on any atom is 0.243 e. The molecule has 2 aliphatic rings. The standard InChI is InChI=1S/C21H34N4O6S2/c1-32(27,28)25(18-21(26)22-10-5-13-23-11-3-2-4-12-23)19-6-8-20(9-7-19)33(29,30)24-14-16-31-17-15-24/h6-9H,2-5,10-18H2,1H3,(H,22,26). The van der Waals surface area contributed by atoms with Crippen LogP contribution in [0.3, 0.4) is 0 Å². The second-order valence-electron chi connectivity index (χ2n) is 8.39. The van der Waals surface area contributed by atoms with Crippen LogP contribution < -0.4 is 9.62 Å². The van der Waals surface area contributed by atoms with E-state index in [-0.39, 0.29) is 30.2 Å². The molecule has 0 bridgehead atoms. The fourth-order valence-corrected chi connectivity index (χ4v) is 6.28. The fourth-order valence-electron chi connectivity index (χ4n) is 4.02. The molecule has 0 saturated carbocycles. The van der Waals surface area contributed by atoms with Gasteiger partial charge in [0.05, 0.1) is 30.1 Å². The molecule has 0 atom stereocenters. The molecule has 1 amide bonds. The van der Waals surface area contributed by atoms with E-state index in [4.69, 9.17) is 4.74 Å². The number of hydrogen-bond acceptors (Lipinski definition) is 7. The number of likely N-dealkylation sites (tertiary alicyclic amines) is 1. The summed E-state index contributed by atoms with van der Waals surface area (Å²) in [6.45, 7) is 4.44. The van der Waals surface area contributed by atoms with Gasteiger partial charge in [-0.25, -0.2) is 16.8 Å². The minimum Gasteiger partial charge on any atom is -0.379 e. The summed E-state index contributed by atoms with van der Waals surface area (Å²) >= 11 is 0. The topological polar surface area (TPSA) is 116 Å². The zero-order valence-corrected chi connectivity index (χ0v) is 20.7. The SMILES string of the molecule is CS(=O)(=O)N(CC(=O)NCCCN1CCCCC1)c1ccc(S(=O)(=O)N2CCOCC2)cc1. The van der Waals surface area contributed by atoms with Crippen LogP contribution in [0.4, 0.5) is 5.69 Å². The lowest BCUT2D eigenvalue weighted by Crippen LogP contribution is -2.41. The third-order valence-electron chi connectivity index (χ3n) is 5.84. The Morgan fingerprint density at radius 1 is 1.00 bits per heavy atom. The Morgan fingerprint density at radius 2 is 1.64 bits per heavy atom. The highest BCUT2D eigenvalue weighted by atomic mass is 32.2. The van der Waals surface area contributed by atoms with E-state index in [0.717, 1.165) is 36.6 Å². The predicted molar refractivity (Wildman–Crippen MR) is 126 cm³/mol. The number of benzene rings is 1. The molecule has 1 N–H and O–H groups in total. The van der Waals surface area contributed by atoms with Crippen molar-refractivity contribution in [2.45, 2.75) is 30.6 Å². The van der Waals surface area contributed by atoms with Gasteiger partial charge in [-0.3, -0.25) is 9.10 Å². The van der Waals surface area contributed by atoms with Crippen LogP contribution in [0.15, 0.2) is 29.2 Å². The van der Waals surface area contributed by atoms with E-state index in [1.54, 1.807) is 0 Å². The highest BCUT2D eigenvalue weighted by molar-refractivity contribution is 7.92. The molecule has 1 aromatic rings. The third kappa shape index (κ3) is 7.38. The van der Waals surface area contributed by atoms with Gasteiger partial charge in [-0.2, -0.15) is 4.31 Å². The number of carbonyl (C=O) groups is 1. The molecule has 33 heavy (non-hydrogen) atoms. The lowest BCUT2D eigenvalue weighted by molar-refractivity contribution is -0.119. The smallest absolute Gasteiger partial charge is 0.243 e. The molecular formula is C21H34N4O6S2. The molecule has 1 aromatic carbocycles. The highest BCUT2D eigenvalue weighted by Crippen LogP contribution is 2.23. The van der Waals surface area contributed by atoms with Crippen LogP contribution in [-0.2, 0) is 29.6 Å². The van der Waals surface area contributed by atoms with Gasteiger partial charge in [0.25, 0.3) is 0 Å². The van der Waals surface area contributed by atoms with Crippen molar-refractivity contribution in [2.24, 2.45) is 0 Å². The van der Waals surface area contributed by atoms with Crippen molar-refractivity contribution in [1.82, 2.24) is 14.5 Å². The molecule has 0 radical (unpaired) electrons. The quantitative estimate of drug-likeness (QED) is 0.462. The minimum atomic E-state index is -3.74. The summed E-state index contributed by atoms with van der Waals surface area (Å²) in [7, 11) is -7.43. The van der Waals surface area contributed by atoms with Crippen LogP contribution in [0.25, 0.3) is 0 Å². The molecule has 12 heteroatoms. The number of amides is 1. The Morgan fingerprint density at radius 3 is 2.24 bits per heavy atom. The van der Waals surface area contributed by atoms with Gasteiger partial charge in [-0.15, -0.1) is 0 Å². The zero-order valence-electron chi connectivity index (χ0n) is 19.1. The van der Waals surface area contributed by atoms with E-state index >= 15 is 0 Å². The van der Waals surface area contributed by atoms with Crippen LogP contribution in [-0.4, -0.2) is 97.2 Å². The predicted octanol–water partition coefficient (Wildman–Crippen LogP) is 0.466. The first-order valence-corrected chi connectivity index (χ1v) is 14.6. The van der Waals surface area contributed by atoms with Crippen LogP contribution in [0.1, 0.15) is 25.7 Å². The molecule has 0 aromatic heterocycles. The lowest BCUT2D eigenvalue weighted by atomic mass is 10.1. The summed E-state index contributed by atoms with van der Waals surface area (Å²) < 4.78 is 57.7. The Bertz CT molecular complexity index is 986. The number of piperidine rings is 1. The molecule has 2 heterocycles. The molecule has 2 saturated heterocycles. The number of nitrogens with one attached hydrogen (secondary N) is 1. The van der Waals surface area contributed by atoms with Gasteiger partial charge in [0.2, 0.25) is 26.0 Å². The summed E-state index contributed by atoms with van der Waals surface area (Å²) in [6, 6.07) is 5.57. The van der Waals surface area contributed by atoms with E-state index in [0.29, 0.717) is 19.8 Å². The molecule has 3 rings (SSSR count). The van der Waals surface area contributed by atoms with Crippen molar-refractivity contribution in [1.29, 1.82) is 0 Å². The van der Waals surface area contributed by atoms with Crippen LogP contribution in [0.5, 0.6) is 0 Å². The maximum absolute atomic E-state index is 12.8. The van der Waals surface area contributed by atoms with Gasteiger partial charge in [0, 0.05) is 19.6 Å². The third-order valence-corrected chi connectivity index (χ3v) is 8.90. The summed E-state index contributed by atoms with van der Waals surface area (Å²) in [4.78, 5) is 14.9. The Balaban J connectivity index is 1.58. The minimum absolute atomic E-state index is 0.0729. The average molecular weight is 503 g/mol. The number of nitrogens with zero attached hydrogens (tertiary/aromatic N) is 3. The molecule has 0 spiro atoms. The van der Waals surface area contributed by atoms with E-state index in [2.05, 4.69) is 10.2 Å². The first-order chi connectivity index (χ1) is 15.7. The fraction of sp³-hybridized carbons (Fsp3) is 0.667. The van der Waals surface area contributed by atoms with E-state index in [1.165, 1.54) is 47.8 Å². The molecular weight excluding hydrogens is 468 g/mol.